The molecule has 3 unspecified atom stereocenters. The highest BCUT2D eigenvalue weighted by Crippen LogP contribution is 2.24. The number of rotatable bonds is 3. The van der Waals surface area contributed by atoms with E-state index in [-0.39, 0.29) is 0 Å². The van der Waals surface area contributed by atoms with Gasteiger partial charge in [-0.15, -0.1) is 0 Å². The molecule has 0 amide bonds. The molecule has 1 aliphatic heterocycles. The Bertz CT molecular complexity index is 355. The van der Waals surface area contributed by atoms with Crippen molar-refractivity contribution in [1.29, 1.82) is 0 Å². The Hall–Kier alpha value is -1.10. The Kier molecular flexibility index (Phi) is 3.66. The Morgan fingerprint density at radius 3 is 2.18 bits per heavy atom. The summed E-state index contributed by atoms with van der Waals surface area (Å²) in [7, 11) is 0. The van der Waals surface area contributed by atoms with Crippen LogP contribution in [0.4, 0.5) is 5.69 Å². The molecule has 0 bridgehead atoms. The molecule has 1 aromatic rings. The zero-order valence-corrected chi connectivity index (χ0v) is 9.95. The van der Waals surface area contributed by atoms with E-state index in [1.165, 1.54) is 0 Å². The van der Waals surface area contributed by atoms with Gasteiger partial charge in [-0.2, -0.15) is 0 Å². The number of benzene rings is 1. The third kappa shape index (κ3) is 2.60. The minimum atomic E-state index is -0.670. The number of hydrogen-bond donors (Lipinski definition) is 3. The second kappa shape index (κ2) is 5.04. The number of anilines is 1. The van der Waals surface area contributed by atoms with Crippen LogP contribution >= 0.6 is 0 Å². The van der Waals surface area contributed by atoms with E-state index in [1.54, 1.807) is 0 Å². The van der Waals surface area contributed by atoms with Crippen LogP contribution in [-0.4, -0.2) is 40.6 Å². The lowest BCUT2D eigenvalue weighted by atomic mass is 10.1. The van der Waals surface area contributed by atoms with Gasteiger partial charge in [-0.25, -0.2) is 0 Å². The van der Waals surface area contributed by atoms with E-state index in [1.807, 2.05) is 36.1 Å². The summed E-state index contributed by atoms with van der Waals surface area (Å²) in [6.07, 6.45) is -1.06. The van der Waals surface area contributed by atoms with Crippen LogP contribution in [0.5, 0.6) is 0 Å². The van der Waals surface area contributed by atoms with Gasteiger partial charge in [-0.3, -0.25) is 0 Å². The quantitative estimate of drug-likeness (QED) is 0.723. The van der Waals surface area contributed by atoms with Gasteiger partial charge in [0.1, 0.15) is 0 Å². The van der Waals surface area contributed by atoms with E-state index in [0.29, 0.717) is 19.5 Å². The molecule has 1 aromatic carbocycles. The first-order valence-corrected chi connectivity index (χ1v) is 6.01. The lowest BCUT2D eigenvalue weighted by Crippen LogP contribution is -2.22. The Morgan fingerprint density at radius 1 is 1.18 bits per heavy atom. The van der Waals surface area contributed by atoms with Crippen LogP contribution in [0.15, 0.2) is 24.3 Å². The molecule has 3 atom stereocenters. The standard InChI is InChI=1S/C13H19NO3/c1-2-11(15)9-3-5-10(6-4-9)14-7-12(16)13(17)8-14/h3-6,11-13,15-17H,2,7-8H2,1H3. The van der Waals surface area contributed by atoms with Crippen molar-refractivity contribution in [3.8, 4) is 0 Å². The molecule has 2 rings (SSSR count). The minimum Gasteiger partial charge on any atom is -0.389 e. The SMILES string of the molecule is CCC(O)c1ccc(N2CC(O)C(O)C2)cc1. The summed E-state index contributed by atoms with van der Waals surface area (Å²) >= 11 is 0. The maximum absolute atomic E-state index is 9.68. The smallest absolute Gasteiger partial charge is 0.0990 e. The fourth-order valence-electron chi connectivity index (χ4n) is 2.12. The van der Waals surface area contributed by atoms with Crippen molar-refractivity contribution in [3.63, 3.8) is 0 Å². The van der Waals surface area contributed by atoms with E-state index in [9.17, 15) is 15.3 Å². The number of hydrogen-bond acceptors (Lipinski definition) is 4. The van der Waals surface area contributed by atoms with Crippen molar-refractivity contribution in [2.24, 2.45) is 0 Å². The van der Waals surface area contributed by atoms with Gasteiger partial charge < -0.3 is 20.2 Å². The zero-order valence-electron chi connectivity index (χ0n) is 9.95. The van der Waals surface area contributed by atoms with E-state index in [4.69, 9.17) is 0 Å². The largest absolute Gasteiger partial charge is 0.389 e. The van der Waals surface area contributed by atoms with Crippen LogP contribution in [0.2, 0.25) is 0 Å². The third-order valence-corrected chi connectivity index (χ3v) is 3.29. The van der Waals surface area contributed by atoms with Crippen LogP contribution in [0.25, 0.3) is 0 Å². The van der Waals surface area contributed by atoms with Gasteiger partial charge in [-0.05, 0) is 24.1 Å². The predicted molar refractivity (Wildman–Crippen MR) is 65.9 cm³/mol. The van der Waals surface area contributed by atoms with Gasteiger partial charge in [0.2, 0.25) is 0 Å². The van der Waals surface area contributed by atoms with Crippen molar-refractivity contribution >= 4 is 5.69 Å². The summed E-state index contributed by atoms with van der Waals surface area (Å²) in [4.78, 5) is 1.94. The second-order valence-electron chi connectivity index (χ2n) is 4.56. The molecule has 94 valence electrons. The number of aliphatic hydroxyl groups excluding tert-OH is 3. The van der Waals surface area contributed by atoms with Crippen molar-refractivity contribution < 1.29 is 15.3 Å². The van der Waals surface area contributed by atoms with Gasteiger partial charge in [0.25, 0.3) is 0 Å². The molecule has 1 heterocycles. The average Bonchev–Trinajstić information content (AvgIpc) is 2.69. The lowest BCUT2D eigenvalue weighted by molar-refractivity contribution is 0.0572. The van der Waals surface area contributed by atoms with Gasteiger partial charge in [-0.1, -0.05) is 19.1 Å². The highest BCUT2D eigenvalue weighted by molar-refractivity contribution is 5.49. The van der Waals surface area contributed by atoms with Crippen LogP contribution in [0.3, 0.4) is 0 Å². The molecule has 0 aliphatic carbocycles. The summed E-state index contributed by atoms with van der Waals surface area (Å²) in [5.74, 6) is 0. The molecule has 0 spiro atoms. The average molecular weight is 237 g/mol. The van der Waals surface area contributed by atoms with E-state index >= 15 is 0 Å². The Morgan fingerprint density at radius 2 is 1.71 bits per heavy atom. The van der Waals surface area contributed by atoms with E-state index in [0.717, 1.165) is 11.3 Å². The van der Waals surface area contributed by atoms with Crippen LogP contribution < -0.4 is 4.90 Å². The molecule has 4 nitrogen and oxygen atoms in total. The minimum absolute atomic E-state index is 0.418. The highest BCUT2D eigenvalue weighted by Gasteiger charge is 2.29. The molecular weight excluding hydrogens is 218 g/mol. The third-order valence-electron chi connectivity index (χ3n) is 3.29. The maximum atomic E-state index is 9.68. The fourth-order valence-corrected chi connectivity index (χ4v) is 2.12. The molecule has 0 aromatic heterocycles. The van der Waals surface area contributed by atoms with Crippen molar-refractivity contribution in [3.05, 3.63) is 29.8 Å². The maximum Gasteiger partial charge on any atom is 0.0990 e. The molecule has 1 aliphatic rings. The van der Waals surface area contributed by atoms with Gasteiger partial charge in [0, 0.05) is 18.8 Å². The van der Waals surface area contributed by atoms with Gasteiger partial charge in [0.05, 0.1) is 18.3 Å². The van der Waals surface area contributed by atoms with Crippen molar-refractivity contribution in [2.45, 2.75) is 31.7 Å². The van der Waals surface area contributed by atoms with E-state index in [2.05, 4.69) is 0 Å². The summed E-state index contributed by atoms with van der Waals surface area (Å²) in [5.41, 5.74) is 1.86. The number of aliphatic hydroxyl groups is 3. The first kappa shape index (κ1) is 12.4. The molecule has 0 saturated carbocycles. The molecule has 4 heteroatoms. The molecular formula is C13H19NO3. The van der Waals surface area contributed by atoms with Crippen LogP contribution in [0, 0.1) is 0 Å². The highest BCUT2D eigenvalue weighted by atomic mass is 16.3. The Labute approximate surface area is 101 Å². The summed E-state index contributed by atoms with van der Waals surface area (Å²) < 4.78 is 0. The van der Waals surface area contributed by atoms with Crippen LogP contribution in [-0.2, 0) is 0 Å². The van der Waals surface area contributed by atoms with Gasteiger partial charge in [0.15, 0.2) is 0 Å². The number of nitrogens with zero attached hydrogens (tertiary/aromatic N) is 1. The summed E-state index contributed by atoms with van der Waals surface area (Å²) in [5, 5.41) is 28.6. The molecule has 0 radical (unpaired) electrons. The molecule has 1 saturated heterocycles. The first-order chi connectivity index (χ1) is 8.11. The topological polar surface area (TPSA) is 63.9 Å². The lowest BCUT2D eigenvalue weighted by Gasteiger charge is -2.18. The first-order valence-electron chi connectivity index (χ1n) is 6.01. The summed E-state index contributed by atoms with van der Waals surface area (Å²) in [6, 6.07) is 7.61. The molecule has 1 fully saturated rings. The summed E-state index contributed by atoms with van der Waals surface area (Å²) in [6.45, 7) is 2.85. The van der Waals surface area contributed by atoms with Gasteiger partial charge >= 0.3 is 0 Å². The zero-order chi connectivity index (χ0) is 12.4. The van der Waals surface area contributed by atoms with Crippen LogP contribution in [0.1, 0.15) is 25.0 Å². The normalized spacial score (nSPS) is 26.2. The molecule has 3 N–H and O–H groups in total. The predicted octanol–water partition coefficient (Wildman–Crippen LogP) is 0.672. The fraction of sp³-hybridized carbons (Fsp3) is 0.538. The van der Waals surface area contributed by atoms with Crippen molar-refractivity contribution in [2.75, 3.05) is 18.0 Å². The number of β-amino-alcohol motifs (C(OH)–C–C–N with tert-alkyl or cyclic N) is 2. The Balaban J connectivity index is 2.08. The monoisotopic (exact) mass is 237 g/mol. The van der Waals surface area contributed by atoms with Crippen molar-refractivity contribution in [1.82, 2.24) is 0 Å². The second-order valence-corrected chi connectivity index (χ2v) is 4.56. The molecule has 17 heavy (non-hydrogen) atoms. The van der Waals surface area contributed by atoms with E-state index < -0.39 is 18.3 Å².